The molecule has 1 nitrogen and oxygen atoms in total. The summed E-state index contributed by atoms with van der Waals surface area (Å²) in [6, 6.07) is 0. The Hall–Kier alpha value is -0.850. The lowest BCUT2D eigenvalue weighted by atomic mass is 9.86. The number of rotatable bonds is 6. The van der Waals surface area contributed by atoms with Crippen LogP contribution in [0.25, 0.3) is 0 Å². The summed E-state index contributed by atoms with van der Waals surface area (Å²) in [5, 5.41) is 0. The van der Waals surface area contributed by atoms with Crippen LogP contribution < -0.4 is 0 Å². The third-order valence-corrected chi connectivity index (χ3v) is 3.06. The summed E-state index contributed by atoms with van der Waals surface area (Å²) < 4.78 is 0. The molecule has 0 saturated carbocycles. The Morgan fingerprint density at radius 3 is 1.89 bits per heavy atom. The average Bonchev–Trinajstić information content (AvgIpc) is 2.24. The van der Waals surface area contributed by atoms with Crippen molar-refractivity contribution in [3.8, 4) is 0 Å². The molecule has 0 aliphatic carbocycles. The second-order valence-electron chi connectivity index (χ2n) is 6.17. The molecule has 0 radical (unpaired) electrons. The zero-order chi connectivity index (χ0) is 14.3. The molecule has 0 unspecified atom stereocenters. The largest absolute Gasteiger partial charge is 0.262 e. The zero-order valence-corrected chi connectivity index (χ0v) is 13.5. The predicted octanol–water partition coefficient (Wildman–Crippen LogP) is 5.92. The fraction of sp³-hybridized carbons (Fsp3) is 0.706. The van der Waals surface area contributed by atoms with Gasteiger partial charge in [0.05, 0.1) is 0 Å². The monoisotopic (exact) mass is 249 g/mol. The quantitative estimate of drug-likeness (QED) is 0.409. The van der Waals surface area contributed by atoms with Gasteiger partial charge in [-0.3, -0.25) is 4.99 Å². The van der Waals surface area contributed by atoms with Gasteiger partial charge in [-0.15, -0.1) is 0 Å². The zero-order valence-electron chi connectivity index (χ0n) is 13.5. The van der Waals surface area contributed by atoms with Crippen molar-refractivity contribution in [1.82, 2.24) is 0 Å². The first-order chi connectivity index (χ1) is 8.23. The summed E-state index contributed by atoms with van der Waals surface area (Å²) in [4.78, 5) is 4.88. The normalized spacial score (nSPS) is 14.5. The molecule has 0 aromatic heterocycles. The van der Waals surface area contributed by atoms with Gasteiger partial charge in [0, 0.05) is 16.8 Å². The van der Waals surface area contributed by atoms with E-state index in [1.807, 2.05) is 0 Å². The van der Waals surface area contributed by atoms with Gasteiger partial charge in [0.25, 0.3) is 0 Å². The molecule has 0 spiro atoms. The molecular weight excluding hydrogens is 218 g/mol. The van der Waals surface area contributed by atoms with Crippen molar-refractivity contribution in [2.45, 2.75) is 74.1 Å². The van der Waals surface area contributed by atoms with E-state index in [1.54, 1.807) is 0 Å². The van der Waals surface area contributed by atoms with Crippen LogP contribution in [0.1, 0.15) is 74.1 Å². The highest BCUT2D eigenvalue weighted by Crippen LogP contribution is 2.32. The van der Waals surface area contributed by atoms with Crippen LogP contribution >= 0.6 is 0 Å². The Morgan fingerprint density at radius 2 is 1.50 bits per heavy atom. The molecule has 18 heavy (non-hydrogen) atoms. The van der Waals surface area contributed by atoms with E-state index in [-0.39, 0.29) is 5.41 Å². The van der Waals surface area contributed by atoms with Gasteiger partial charge in [-0.05, 0) is 32.3 Å². The Bertz CT molecular complexity index is 337. The topological polar surface area (TPSA) is 12.4 Å². The van der Waals surface area contributed by atoms with Crippen LogP contribution in [-0.4, -0.2) is 5.71 Å². The minimum atomic E-state index is 0.0791. The Morgan fingerprint density at radius 1 is 1.00 bits per heavy atom. The molecule has 0 aromatic rings. The van der Waals surface area contributed by atoms with Crippen LogP contribution in [0.3, 0.4) is 0 Å². The van der Waals surface area contributed by atoms with Gasteiger partial charge in [-0.2, -0.15) is 0 Å². The summed E-state index contributed by atoms with van der Waals surface area (Å²) in [5.74, 6) is 0. The van der Waals surface area contributed by atoms with Crippen molar-refractivity contribution in [3.05, 3.63) is 23.4 Å². The van der Waals surface area contributed by atoms with Gasteiger partial charge in [0.1, 0.15) is 0 Å². The summed E-state index contributed by atoms with van der Waals surface area (Å²) in [5.41, 5.74) is 5.02. The molecule has 0 saturated heterocycles. The van der Waals surface area contributed by atoms with E-state index in [0.717, 1.165) is 25.7 Å². The summed E-state index contributed by atoms with van der Waals surface area (Å²) in [6.07, 6.45) is 4.44. The minimum Gasteiger partial charge on any atom is -0.262 e. The lowest BCUT2D eigenvalue weighted by Crippen LogP contribution is -2.12. The highest BCUT2D eigenvalue weighted by molar-refractivity contribution is 5.83. The fourth-order valence-corrected chi connectivity index (χ4v) is 2.08. The number of hydrogen-bond acceptors (Lipinski definition) is 1. The van der Waals surface area contributed by atoms with E-state index in [1.165, 1.54) is 22.6 Å². The number of hydrogen-bond donors (Lipinski definition) is 0. The molecule has 0 aromatic carbocycles. The van der Waals surface area contributed by atoms with Crippen LogP contribution in [0.4, 0.5) is 0 Å². The van der Waals surface area contributed by atoms with Crippen LogP contribution in [0.15, 0.2) is 28.4 Å². The Kier molecular flexibility index (Phi) is 7.20. The molecule has 104 valence electrons. The summed E-state index contributed by atoms with van der Waals surface area (Å²) >= 11 is 0. The molecule has 0 aliphatic heterocycles. The molecule has 0 bridgehead atoms. The maximum Gasteiger partial charge on any atom is 0.0487 e. The smallest absolute Gasteiger partial charge is 0.0487 e. The molecule has 0 amide bonds. The highest BCUT2D eigenvalue weighted by Gasteiger charge is 2.20. The van der Waals surface area contributed by atoms with Crippen molar-refractivity contribution >= 4 is 5.71 Å². The van der Waals surface area contributed by atoms with Crippen LogP contribution in [-0.2, 0) is 0 Å². The lowest BCUT2D eigenvalue weighted by molar-refractivity contribution is 0.492. The third-order valence-electron chi connectivity index (χ3n) is 3.06. The molecule has 0 heterocycles. The van der Waals surface area contributed by atoms with Crippen LogP contribution in [0, 0.1) is 5.41 Å². The van der Waals surface area contributed by atoms with E-state index in [0.29, 0.717) is 0 Å². The van der Waals surface area contributed by atoms with E-state index in [9.17, 15) is 0 Å². The second kappa shape index (κ2) is 7.56. The van der Waals surface area contributed by atoms with Gasteiger partial charge in [0.15, 0.2) is 0 Å². The molecule has 0 N–H and O–H groups in total. The van der Waals surface area contributed by atoms with Gasteiger partial charge in [-0.25, -0.2) is 0 Å². The van der Waals surface area contributed by atoms with Crippen molar-refractivity contribution in [2.75, 3.05) is 0 Å². The molecule has 0 fully saturated rings. The fourth-order valence-electron chi connectivity index (χ4n) is 2.08. The lowest BCUT2D eigenvalue weighted by Gasteiger charge is -2.24. The van der Waals surface area contributed by atoms with Crippen molar-refractivity contribution in [3.63, 3.8) is 0 Å². The van der Waals surface area contributed by atoms with E-state index in [2.05, 4.69) is 55.0 Å². The van der Waals surface area contributed by atoms with E-state index >= 15 is 0 Å². The van der Waals surface area contributed by atoms with Gasteiger partial charge in [-0.1, -0.05) is 59.6 Å². The van der Waals surface area contributed by atoms with Crippen molar-refractivity contribution in [1.29, 1.82) is 0 Å². The predicted molar refractivity (Wildman–Crippen MR) is 84.2 cm³/mol. The molecule has 1 heteroatoms. The first-order valence-electron chi connectivity index (χ1n) is 7.17. The molecular formula is C17H31N. The highest BCUT2D eigenvalue weighted by atomic mass is 14.8. The maximum atomic E-state index is 4.88. The van der Waals surface area contributed by atoms with Crippen LogP contribution in [0.2, 0.25) is 0 Å². The summed E-state index contributed by atoms with van der Waals surface area (Å²) in [7, 11) is 0. The summed E-state index contributed by atoms with van der Waals surface area (Å²) in [6.45, 7) is 19.6. The van der Waals surface area contributed by atoms with Gasteiger partial charge < -0.3 is 0 Å². The molecule has 0 rings (SSSR count). The molecule has 0 atom stereocenters. The first kappa shape index (κ1) is 17.2. The average molecular weight is 249 g/mol. The maximum absolute atomic E-state index is 4.88. The van der Waals surface area contributed by atoms with E-state index < -0.39 is 0 Å². The Labute approximate surface area is 114 Å². The molecule has 0 aliphatic rings. The van der Waals surface area contributed by atoms with Crippen LogP contribution in [0.5, 0.6) is 0 Å². The standard InChI is InChI=1S/C17H31N/c1-9-11-13(3)15(5)16(17(6,7)8)18-14(4)12-10-2/h3,9-12H2,1-2,4-8H3/b16-15+,18-14?. The van der Waals surface area contributed by atoms with E-state index in [4.69, 9.17) is 4.99 Å². The number of aliphatic imine (C=N–C) groups is 1. The number of nitrogens with zero attached hydrogens (tertiary/aromatic N) is 1. The second-order valence-corrected chi connectivity index (χ2v) is 6.17. The number of allylic oxidation sites excluding steroid dienone is 3. The first-order valence-corrected chi connectivity index (χ1v) is 7.17. The minimum absolute atomic E-state index is 0.0791. The van der Waals surface area contributed by atoms with Crippen molar-refractivity contribution < 1.29 is 0 Å². The van der Waals surface area contributed by atoms with Gasteiger partial charge in [0.2, 0.25) is 0 Å². The third kappa shape index (κ3) is 5.66. The van der Waals surface area contributed by atoms with Crippen molar-refractivity contribution in [2.24, 2.45) is 10.4 Å². The van der Waals surface area contributed by atoms with Gasteiger partial charge >= 0.3 is 0 Å². The SMILES string of the molecule is C=C(CCC)/C(C)=C(/N=C(C)CCC)C(C)(C)C. The Balaban J connectivity index is 5.43.